The molecule has 0 aliphatic rings. The molecule has 0 saturated carbocycles. The summed E-state index contributed by atoms with van der Waals surface area (Å²) in [6.07, 6.45) is 4.34. The minimum atomic E-state index is -0.154. The first-order valence-corrected chi connectivity index (χ1v) is 5.89. The van der Waals surface area contributed by atoms with Gasteiger partial charge in [-0.15, -0.1) is 0 Å². The average molecular weight is 236 g/mol. The van der Waals surface area contributed by atoms with Crippen molar-refractivity contribution in [2.45, 2.75) is 32.9 Å². The maximum absolute atomic E-state index is 11.5. The zero-order valence-corrected chi connectivity index (χ0v) is 10.6. The molecule has 1 heterocycles. The smallest absolute Gasteiger partial charge is 0.310 e. The number of pyridine rings is 1. The summed E-state index contributed by atoms with van der Waals surface area (Å²) in [6.45, 7) is 4.70. The quantitative estimate of drug-likeness (QED) is 0.765. The Labute approximate surface area is 102 Å². The normalized spacial score (nSPS) is 14.1. The van der Waals surface area contributed by atoms with E-state index in [1.165, 1.54) is 7.11 Å². The SMILES string of the molecule is CCC(C(=O)OC)C(C)NCc1cccnc1. The van der Waals surface area contributed by atoms with E-state index in [4.69, 9.17) is 4.74 Å². The van der Waals surface area contributed by atoms with Gasteiger partial charge < -0.3 is 10.1 Å². The van der Waals surface area contributed by atoms with Gasteiger partial charge in [0.05, 0.1) is 13.0 Å². The van der Waals surface area contributed by atoms with Gasteiger partial charge in [0.1, 0.15) is 0 Å². The Morgan fingerprint density at radius 2 is 2.35 bits per heavy atom. The topological polar surface area (TPSA) is 51.2 Å². The van der Waals surface area contributed by atoms with Crippen LogP contribution in [0, 0.1) is 5.92 Å². The number of rotatable bonds is 6. The lowest BCUT2D eigenvalue weighted by Crippen LogP contribution is -2.37. The molecular formula is C13H20N2O2. The second-order valence-electron chi connectivity index (χ2n) is 4.07. The van der Waals surface area contributed by atoms with Crippen molar-refractivity contribution in [3.63, 3.8) is 0 Å². The van der Waals surface area contributed by atoms with Crippen LogP contribution in [0.1, 0.15) is 25.8 Å². The van der Waals surface area contributed by atoms with Gasteiger partial charge in [-0.25, -0.2) is 0 Å². The Kier molecular flexibility index (Phi) is 5.63. The highest BCUT2D eigenvalue weighted by Gasteiger charge is 2.23. The van der Waals surface area contributed by atoms with E-state index in [1.54, 1.807) is 6.20 Å². The molecule has 1 aromatic rings. The summed E-state index contributed by atoms with van der Waals surface area (Å²) in [6, 6.07) is 4.00. The van der Waals surface area contributed by atoms with Crippen LogP contribution < -0.4 is 5.32 Å². The summed E-state index contributed by atoms with van der Waals surface area (Å²) < 4.78 is 4.79. The largest absolute Gasteiger partial charge is 0.469 e. The van der Waals surface area contributed by atoms with Crippen LogP contribution in [0.25, 0.3) is 0 Å². The molecule has 0 aliphatic heterocycles. The summed E-state index contributed by atoms with van der Waals surface area (Å²) in [7, 11) is 1.43. The number of esters is 1. The van der Waals surface area contributed by atoms with Crippen LogP contribution in [-0.4, -0.2) is 24.1 Å². The summed E-state index contributed by atoms with van der Waals surface area (Å²) in [5.74, 6) is -0.254. The lowest BCUT2D eigenvalue weighted by atomic mass is 9.98. The van der Waals surface area contributed by atoms with E-state index >= 15 is 0 Å². The molecule has 0 amide bonds. The number of carbonyl (C=O) groups is 1. The molecule has 0 aromatic carbocycles. The van der Waals surface area contributed by atoms with Gasteiger partial charge in [-0.1, -0.05) is 13.0 Å². The van der Waals surface area contributed by atoms with Crippen molar-refractivity contribution in [3.8, 4) is 0 Å². The van der Waals surface area contributed by atoms with E-state index < -0.39 is 0 Å². The molecule has 4 heteroatoms. The zero-order chi connectivity index (χ0) is 12.7. The monoisotopic (exact) mass is 236 g/mol. The van der Waals surface area contributed by atoms with Gasteiger partial charge in [0.15, 0.2) is 0 Å². The van der Waals surface area contributed by atoms with Crippen molar-refractivity contribution in [2.24, 2.45) is 5.92 Å². The number of aromatic nitrogens is 1. The molecule has 1 rings (SSSR count). The van der Waals surface area contributed by atoms with E-state index in [1.807, 2.05) is 32.2 Å². The van der Waals surface area contributed by atoms with Crippen molar-refractivity contribution in [1.82, 2.24) is 10.3 Å². The maximum atomic E-state index is 11.5. The van der Waals surface area contributed by atoms with Crippen LogP contribution in [0.5, 0.6) is 0 Å². The van der Waals surface area contributed by atoms with Gasteiger partial charge in [-0.2, -0.15) is 0 Å². The third kappa shape index (κ3) is 4.15. The van der Waals surface area contributed by atoms with Crippen LogP contribution in [0.3, 0.4) is 0 Å². The number of nitrogens with one attached hydrogen (secondary N) is 1. The Morgan fingerprint density at radius 1 is 1.59 bits per heavy atom. The van der Waals surface area contributed by atoms with Gasteiger partial charge in [0, 0.05) is 25.0 Å². The second kappa shape index (κ2) is 7.01. The molecule has 0 radical (unpaired) electrons. The maximum Gasteiger partial charge on any atom is 0.310 e. The van der Waals surface area contributed by atoms with Gasteiger partial charge in [-0.3, -0.25) is 9.78 Å². The minimum Gasteiger partial charge on any atom is -0.469 e. The first-order chi connectivity index (χ1) is 8.19. The fourth-order valence-electron chi connectivity index (χ4n) is 1.80. The fraction of sp³-hybridized carbons (Fsp3) is 0.538. The van der Waals surface area contributed by atoms with Gasteiger partial charge in [0.2, 0.25) is 0 Å². The molecule has 4 nitrogen and oxygen atoms in total. The Bertz CT molecular complexity index is 341. The van der Waals surface area contributed by atoms with E-state index in [0.717, 1.165) is 12.0 Å². The van der Waals surface area contributed by atoms with Crippen LogP contribution >= 0.6 is 0 Å². The first-order valence-electron chi connectivity index (χ1n) is 5.89. The highest BCUT2D eigenvalue weighted by atomic mass is 16.5. The Balaban J connectivity index is 2.48. The molecule has 0 bridgehead atoms. The van der Waals surface area contributed by atoms with Gasteiger partial charge >= 0.3 is 5.97 Å². The number of methoxy groups -OCH3 is 1. The van der Waals surface area contributed by atoms with Crippen molar-refractivity contribution in [3.05, 3.63) is 30.1 Å². The van der Waals surface area contributed by atoms with E-state index in [-0.39, 0.29) is 17.9 Å². The molecule has 0 aliphatic carbocycles. The molecule has 0 saturated heterocycles. The number of ether oxygens (including phenoxy) is 1. The Morgan fingerprint density at radius 3 is 2.88 bits per heavy atom. The van der Waals surface area contributed by atoms with Crippen LogP contribution in [-0.2, 0) is 16.1 Å². The molecule has 17 heavy (non-hydrogen) atoms. The molecule has 1 N–H and O–H groups in total. The van der Waals surface area contributed by atoms with Gasteiger partial charge in [0.25, 0.3) is 0 Å². The van der Waals surface area contributed by atoms with E-state index in [9.17, 15) is 4.79 Å². The highest BCUT2D eigenvalue weighted by molar-refractivity contribution is 5.72. The lowest BCUT2D eigenvalue weighted by molar-refractivity contribution is -0.146. The molecule has 1 aromatic heterocycles. The third-order valence-corrected chi connectivity index (χ3v) is 2.90. The number of hydrogen-bond donors (Lipinski definition) is 1. The molecule has 2 atom stereocenters. The summed E-state index contributed by atoms with van der Waals surface area (Å²) in [4.78, 5) is 15.6. The Hall–Kier alpha value is -1.42. The van der Waals surface area contributed by atoms with Crippen LogP contribution in [0.2, 0.25) is 0 Å². The molecular weight excluding hydrogens is 216 g/mol. The average Bonchev–Trinajstić information content (AvgIpc) is 2.38. The molecule has 94 valence electrons. The molecule has 2 unspecified atom stereocenters. The van der Waals surface area contributed by atoms with Crippen molar-refractivity contribution in [1.29, 1.82) is 0 Å². The van der Waals surface area contributed by atoms with Crippen LogP contribution in [0.15, 0.2) is 24.5 Å². The van der Waals surface area contributed by atoms with Crippen molar-refractivity contribution < 1.29 is 9.53 Å². The number of nitrogens with zero attached hydrogens (tertiary/aromatic N) is 1. The van der Waals surface area contributed by atoms with Crippen LogP contribution in [0.4, 0.5) is 0 Å². The van der Waals surface area contributed by atoms with Gasteiger partial charge in [-0.05, 0) is 25.0 Å². The molecule has 0 fully saturated rings. The molecule has 0 spiro atoms. The summed E-state index contributed by atoms with van der Waals surface area (Å²) in [5, 5.41) is 3.32. The van der Waals surface area contributed by atoms with Crippen molar-refractivity contribution >= 4 is 5.97 Å². The minimum absolute atomic E-state index is 0.0904. The van der Waals surface area contributed by atoms with Crippen molar-refractivity contribution in [2.75, 3.05) is 7.11 Å². The first kappa shape index (κ1) is 13.6. The summed E-state index contributed by atoms with van der Waals surface area (Å²) in [5.41, 5.74) is 1.11. The second-order valence-corrected chi connectivity index (χ2v) is 4.07. The predicted octanol–water partition coefficient (Wildman–Crippen LogP) is 1.76. The standard InChI is InChI=1S/C13H20N2O2/c1-4-12(13(16)17-3)10(2)15-9-11-6-5-7-14-8-11/h5-8,10,12,15H,4,9H2,1-3H3. The predicted molar refractivity (Wildman–Crippen MR) is 66.3 cm³/mol. The summed E-state index contributed by atoms with van der Waals surface area (Å²) >= 11 is 0. The van der Waals surface area contributed by atoms with E-state index in [0.29, 0.717) is 6.54 Å². The lowest BCUT2D eigenvalue weighted by Gasteiger charge is -2.21. The highest BCUT2D eigenvalue weighted by Crippen LogP contribution is 2.11. The number of carbonyl (C=O) groups excluding carboxylic acids is 1. The third-order valence-electron chi connectivity index (χ3n) is 2.90. The fourth-order valence-corrected chi connectivity index (χ4v) is 1.80. The van der Waals surface area contributed by atoms with E-state index in [2.05, 4.69) is 10.3 Å². The number of hydrogen-bond acceptors (Lipinski definition) is 4. The zero-order valence-electron chi connectivity index (χ0n) is 10.6.